The van der Waals surface area contributed by atoms with E-state index < -0.39 is 16.6 Å². The van der Waals surface area contributed by atoms with Crippen molar-refractivity contribution >= 4 is 72.8 Å². The largest absolute Gasteiger partial charge is 0.493 e. The molecule has 62 heavy (non-hydrogen) atoms. The SMILES string of the molecule is CCCN(CCO[Si](c1ccccc1)(c1ccccc1)C(C)(C)C)c1ccc(C=Cc2ccc(C=O)s2)c(OCCCCO[Si](c2ccccc2)(c2ccccc2)C(C)(C)C)c1. The van der Waals surface area contributed by atoms with Crippen molar-refractivity contribution in [2.24, 2.45) is 0 Å². The Kier molecular flexibility index (Phi) is 16.2. The molecular weight excluding hydrogens is 815 g/mol. The molecule has 0 aliphatic rings. The van der Waals surface area contributed by atoms with Crippen molar-refractivity contribution in [3.8, 4) is 5.75 Å². The highest BCUT2D eigenvalue weighted by Crippen LogP contribution is 2.38. The van der Waals surface area contributed by atoms with Crippen LogP contribution in [0.1, 0.15) is 87.8 Å². The molecule has 1 heterocycles. The van der Waals surface area contributed by atoms with E-state index in [1.807, 2.05) is 12.1 Å². The minimum Gasteiger partial charge on any atom is -0.493 e. The standard InChI is InChI=1S/C54H65NO4SSi2/c1-8-37-55(38-41-59-62(54(5,6)7,50-27-17-11-18-28-50)51-29-19-12-20-30-51)45-33-31-44(32-34-46-35-36-47(43-56)60-46)52(42-45)57-39-21-22-40-58-61(53(2,3)4,48-23-13-9-14-24-48)49-25-15-10-16-26-49/h9-20,23-36,42-43H,8,21-22,37-41H2,1-7H3. The van der Waals surface area contributed by atoms with Gasteiger partial charge in [0.15, 0.2) is 6.29 Å². The first kappa shape index (κ1) is 46.7. The number of rotatable bonds is 21. The molecule has 0 amide bonds. The van der Waals surface area contributed by atoms with Crippen molar-refractivity contribution in [3.63, 3.8) is 0 Å². The lowest BCUT2D eigenvalue weighted by Gasteiger charge is -2.43. The van der Waals surface area contributed by atoms with Crippen molar-refractivity contribution in [2.45, 2.75) is 77.8 Å². The second kappa shape index (κ2) is 21.5. The quantitative estimate of drug-likeness (QED) is 0.0409. The molecule has 5 nitrogen and oxygen atoms in total. The number of anilines is 1. The average molecular weight is 880 g/mol. The van der Waals surface area contributed by atoms with E-state index in [2.05, 4.69) is 205 Å². The van der Waals surface area contributed by atoms with E-state index >= 15 is 0 Å². The molecule has 0 spiro atoms. The number of ether oxygens (including phenoxy) is 1. The average Bonchev–Trinajstić information content (AvgIpc) is 3.75. The van der Waals surface area contributed by atoms with Crippen LogP contribution in [0.5, 0.6) is 5.75 Å². The number of benzene rings is 5. The highest BCUT2D eigenvalue weighted by molar-refractivity contribution is 7.14. The maximum Gasteiger partial charge on any atom is 0.261 e. The lowest BCUT2D eigenvalue weighted by molar-refractivity contribution is 0.112. The number of hydrogen-bond donors (Lipinski definition) is 0. The lowest BCUT2D eigenvalue weighted by atomic mass is 10.1. The van der Waals surface area contributed by atoms with E-state index in [1.165, 1.54) is 32.1 Å². The van der Waals surface area contributed by atoms with Gasteiger partial charge in [-0.25, -0.2) is 0 Å². The number of carbonyl (C=O) groups excluding carboxylic acids is 1. The molecule has 0 aliphatic heterocycles. The van der Waals surface area contributed by atoms with Gasteiger partial charge < -0.3 is 18.5 Å². The molecule has 6 aromatic rings. The Morgan fingerprint density at radius 3 is 1.47 bits per heavy atom. The summed E-state index contributed by atoms with van der Waals surface area (Å²) in [4.78, 5) is 15.6. The smallest absolute Gasteiger partial charge is 0.261 e. The third kappa shape index (κ3) is 10.8. The first-order chi connectivity index (χ1) is 29.9. The van der Waals surface area contributed by atoms with Gasteiger partial charge in [0.2, 0.25) is 0 Å². The molecule has 0 N–H and O–H groups in total. The maximum atomic E-state index is 11.4. The predicted octanol–water partition coefficient (Wildman–Crippen LogP) is 11.3. The Hall–Kier alpha value is -4.84. The van der Waals surface area contributed by atoms with Crippen LogP contribution < -0.4 is 30.4 Å². The van der Waals surface area contributed by atoms with Gasteiger partial charge in [-0.1, -0.05) is 170 Å². The second-order valence-corrected chi connectivity index (χ2v) is 27.7. The molecule has 0 unspecified atom stereocenters. The Bertz CT molecular complexity index is 2220. The van der Waals surface area contributed by atoms with E-state index in [9.17, 15) is 4.79 Å². The topological polar surface area (TPSA) is 48.0 Å². The van der Waals surface area contributed by atoms with E-state index in [0.29, 0.717) is 24.7 Å². The van der Waals surface area contributed by atoms with Crippen molar-refractivity contribution in [2.75, 3.05) is 37.8 Å². The molecule has 324 valence electrons. The van der Waals surface area contributed by atoms with Gasteiger partial charge in [-0.3, -0.25) is 4.79 Å². The van der Waals surface area contributed by atoms with E-state index in [-0.39, 0.29) is 10.1 Å². The number of aldehydes is 1. The molecule has 0 bridgehead atoms. The highest BCUT2D eigenvalue weighted by Gasteiger charge is 2.51. The number of thiophene rings is 1. The minimum atomic E-state index is -2.68. The molecule has 0 saturated heterocycles. The van der Waals surface area contributed by atoms with Crippen LogP contribution in [0, 0.1) is 0 Å². The zero-order chi connectivity index (χ0) is 44.1. The van der Waals surface area contributed by atoms with Gasteiger partial charge in [0.1, 0.15) is 5.75 Å². The molecule has 8 heteroatoms. The summed E-state index contributed by atoms with van der Waals surface area (Å²) < 4.78 is 21.2. The Morgan fingerprint density at radius 1 is 0.548 bits per heavy atom. The number of hydrogen-bond acceptors (Lipinski definition) is 6. The predicted molar refractivity (Wildman–Crippen MR) is 269 cm³/mol. The van der Waals surface area contributed by atoms with Gasteiger partial charge in [-0.05, 0) is 86.5 Å². The number of carbonyl (C=O) groups is 1. The van der Waals surface area contributed by atoms with Crippen molar-refractivity contribution < 1.29 is 18.4 Å². The second-order valence-electron chi connectivity index (χ2n) is 18.0. The molecule has 1 aromatic heterocycles. The zero-order valence-corrected chi connectivity index (χ0v) is 40.6. The fourth-order valence-electron chi connectivity index (χ4n) is 8.76. The van der Waals surface area contributed by atoms with E-state index in [1.54, 1.807) is 0 Å². The maximum absolute atomic E-state index is 11.4. The molecule has 5 aromatic carbocycles. The number of nitrogens with zero attached hydrogens (tertiary/aromatic N) is 1. The zero-order valence-electron chi connectivity index (χ0n) is 37.8. The third-order valence-electron chi connectivity index (χ3n) is 11.7. The van der Waals surface area contributed by atoms with Crippen LogP contribution in [-0.2, 0) is 8.85 Å². The van der Waals surface area contributed by atoms with Gasteiger partial charge in [0.25, 0.3) is 16.6 Å². The molecule has 0 aliphatic carbocycles. The van der Waals surface area contributed by atoms with Gasteiger partial charge in [0.05, 0.1) is 18.1 Å². The van der Waals surface area contributed by atoms with Crippen LogP contribution in [-0.4, -0.2) is 55.8 Å². The summed E-state index contributed by atoms with van der Waals surface area (Å²) in [7, 11) is -5.29. The van der Waals surface area contributed by atoms with Crippen LogP contribution in [0.3, 0.4) is 0 Å². The van der Waals surface area contributed by atoms with Gasteiger partial charge in [0, 0.05) is 41.9 Å². The van der Waals surface area contributed by atoms with Gasteiger partial charge >= 0.3 is 0 Å². The Labute approximate surface area is 377 Å². The van der Waals surface area contributed by atoms with Crippen molar-refractivity contribution in [1.82, 2.24) is 0 Å². The first-order valence-corrected chi connectivity index (χ1v) is 26.8. The molecule has 0 saturated carbocycles. The van der Waals surface area contributed by atoms with Crippen LogP contribution in [0.25, 0.3) is 12.2 Å². The van der Waals surface area contributed by atoms with E-state index in [4.69, 9.17) is 13.6 Å². The molecule has 0 atom stereocenters. The lowest BCUT2D eigenvalue weighted by Crippen LogP contribution is -2.67. The van der Waals surface area contributed by atoms with Crippen LogP contribution in [0.15, 0.2) is 152 Å². The van der Waals surface area contributed by atoms with E-state index in [0.717, 1.165) is 60.5 Å². The summed E-state index contributed by atoms with van der Waals surface area (Å²) in [5, 5.41) is 4.99. The summed E-state index contributed by atoms with van der Waals surface area (Å²) in [6.07, 6.45) is 7.80. The highest BCUT2D eigenvalue weighted by atomic mass is 32.1. The summed E-state index contributed by atoms with van der Waals surface area (Å²) in [6, 6.07) is 53.8. The number of unbranched alkanes of at least 4 members (excludes halogenated alkanes) is 1. The molecule has 0 fully saturated rings. The normalized spacial score (nSPS) is 12.4. The fraction of sp³-hybridized carbons (Fsp3) is 0.315. The molecule has 6 rings (SSSR count). The third-order valence-corrected chi connectivity index (χ3v) is 22.7. The monoisotopic (exact) mass is 879 g/mol. The summed E-state index contributed by atoms with van der Waals surface area (Å²) in [5.74, 6) is 0.841. The van der Waals surface area contributed by atoms with Crippen LogP contribution in [0.2, 0.25) is 10.1 Å². The van der Waals surface area contributed by atoms with Gasteiger partial charge in [-0.2, -0.15) is 0 Å². The van der Waals surface area contributed by atoms with Crippen molar-refractivity contribution in [1.29, 1.82) is 0 Å². The molecular formula is C54H65NO4SSi2. The van der Waals surface area contributed by atoms with Gasteiger partial charge in [-0.15, -0.1) is 11.3 Å². The summed E-state index contributed by atoms with van der Waals surface area (Å²) in [5.41, 5.74) is 2.11. The van der Waals surface area contributed by atoms with Crippen LogP contribution in [0.4, 0.5) is 5.69 Å². The first-order valence-electron chi connectivity index (χ1n) is 22.2. The fourth-order valence-corrected chi connectivity index (χ4v) is 18.6. The minimum absolute atomic E-state index is 0.0716. The molecule has 0 radical (unpaired) electrons. The Balaban J connectivity index is 1.21. The van der Waals surface area contributed by atoms with Crippen molar-refractivity contribution in [3.05, 3.63) is 167 Å². The summed E-state index contributed by atoms with van der Waals surface area (Å²) in [6.45, 7) is 19.6. The van der Waals surface area contributed by atoms with Crippen LogP contribution >= 0.6 is 11.3 Å². The Morgan fingerprint density at radius 2 is 1.02 bits per heavy atom. The summed E-state index contributed by atoms with van der Waals surface area (Å²) >= 11 is 1.48.